The number of rotatable bonds is 5. The van der Waals surface area contributed by atoms with E-state index in [1.807, 2.05) is 4.90 Å². The predicted octanol–water partition coefficient (Wildman–Crippen LogP) is 3.35. The van der Waals surface area contributed by atoms with Crippen LogP contribution in [0.2, 0.25) is 5.02 Å². The Morgan fingerprint density at radius 3 is 2.27 bits per heavy atom. The fraction of sp³-hybridized carbons (Fsp3) is 0.360. The van der Waals surface area contributed by atoms with E-state index in [4.69, 9.17) is 16.3 Å². The van der Waals surface area contributed by atoms with Gasteiger partial charge in [0.05, 0.1) is 35.7 Å². The number of anilines is 1. The van der Waals surface area contributed by atoms with E-state index in [-0.39, 0.29) is 30.2 Å². The van der Waals surface area contributed by atoms with Crippen molar-refractivity contribution in [3.63, 3.8) is 0 Å². The molecule has 3 heterocycles. The second-order valence-corrected chi connectivity index (χ2v) is 9.03. The Kier molecular flexibility index (Phi) is 5.54. The molecule has 0 saturated carbocycles. The number of esters is 1. The minimum absolute atomic E-state index is 0.128. The first-order chi connectivity index (χ1) is 15.9. The molecule has 3 saturated heterocycles. The normalized spacial score (nSPS) is 26.4. The van der Waals surface area contributed by atoms with E-state index in [0.29, 0.717) is 28.4 Å². The second kappa shape index (κ2) is 8.39. The molecule has 2 amide bonds. The molecule has 0 aromatic heterocycles. The van der Waals surface area contributed by atoms with Crippen molar-refractivity contribution in [3.8, 4) is 0 Å². The topological polar surface area (TPSA) is 84.0 Å². The highest BCUT2D eigenvalue weighted by molar-refractivity contribution is 6.30. The molecule has 0 N–H and O–H groups in total. The molecule has 0 aliphatic carbocycles. The van der Waals surface area contributed by atoms with Crippen molar-refractivity contribution in [2.45, 2.75) is 31.8 Å². The van der Waals surface area contributed by atoms with Crippen molar-refractivity contribution < 1.29 is 23.9 Å². The largest absolute Gasteiger partial charge is 0.462 e. The third kappa shape index (κ3) is 3.47. The van der Waals surface area contributed by atoms with Crippen LogP contribution in [0.1, 0.15) is 40.5 Å². The van der Waals surface area contributed by atoms with Crippen molar-refractivity contribution in [2.75, 3.05) is 18.1 Å². The van der Waals surface area contributed by atoms with Gasteiger partial charge < -0.3 is 4.74 Å². The van der Waals surface area contributed by atoms with Gasteiger partial charge in [0, 0.05) is 16.6 Å². The summed E-state index contributed by atoms with van der Waals surface area (Å²) in [7, 11) is 0. The van der Waals surface area contributed by atoms with Crippen LogP contribution in [0.3, 0.4) is 0 Å². The number of carbonyl (C=O) groups is 4. The van der Waals surface area contributed by atoms with E-state index in [2.05, 4.69) is 0 Å². The fourth-order valence-electron chi connectivity index (χ4n) is 5.52. The summed E-state index contributed by atoms with van der Waals surface area (Å²) in [5.41, 5.74) is 1.22. The number of imide groups is 1. The molecule has 7 nitrogen and oxygen atoms in total. The summed E-state index contributed by atoms with van der Waals surface area (Å²) in [5.74, 6) is -2.54. The Morgan fingerprint density at radius 1 is 0.970 bits per heavy atom. The van der Waals surface area contributed by atoms with Gasteiger partial charge in [0.2, 0.25) is 11.8 Å². The Balaban J connectivity index is 1.47. The molecule has 3 aliphatic heterocycles. The zero-order chi connectivity index (χ0) is 23.3. The van der Waals surface area contributed by atoms with Crippen molar-refractivity contribution in [1.82, 2.24) is 4.90 Å². The van der Waals surface area contributed by atoms with E-state index < -0.39 is 23.8 Å². The average Bonchev–Trinajstić information content (AvgIpc) is 3.46. The van der Waals surface area contributed by atoms with Gasteiger partial charge in [0.1, 0.15) is 0 Å². The van der Waals surface area contributed by atoms with Gasteiger partial charge in [-0.1, -0.05) is 11.6 Å². The van der Waals surface area contributed by atoms with Crippen LogP contribution in [0.15, 0.2) is 48.5 Å². The molecule has 8 heteroatoms. The molecule has 4 atom stereocenters. The SMILES string of the molecule is CCOC(=O)c1ccc(N2C(=O)[C@@H]3[C@H](C2=O)[C@H](C(=O)c2ccc(Cl)cc2)N2CCC[C@H]32)cc1. The quantitative estimate of drug-likeness (QED) is 0.382. The lowest BCUT2D eigenvalue weighted by Crippen LogP contribution is -2.46. The molecule has 0 radical (unpaired) electrons. The second-order valence-electron chi connectivity index (χ2n) is 8.59. The fourth-order valence-corrected chi connectivity index (χ4v) is 5.64. The standard InChI is InChI=1S/C25H23ClN2O5/c1-2-33-25(32)15-7-11-17(12-8-15)28-23(30)19-18-4-3-13-27(18)21(20(19)24(28)31)22(29)14-5-9-16(26)10-6-14/h5-12,18-21H,2-4,13H2,1H3/t18-,19+,20+,21-/m1/s1. The first kappa shape index (κ1) is 21.8. The molecule has 2 aromatic carbocycles. The highest BCUT2D eigenvalue weighted by atomic mass is 35.5. The van der Waals surface area contributed by atoms with E-state index in [1.54, 1.807) is 55.5 Å². The molecule has 5 rings (SSSR count). The number of ketones is 1. The summed E-state index contributed by atoms with van der Waals surface area (Å²) in [4.78, 5) is 55.7. The van der Waals surface area contributed by atoms with Crippen LogP contribution in [0.4, 0.5) is 5.69 Å². The number of hydrogen-bond acceptors (Lipinski definition) is 6. The van der Waals surface area contributed by atoms with Crippen LogP contribution in [0.5, 0.6) is 0 Å². The maximum Gasteiger partial charge on any atom is 0.338 e. The molecule has 2 aromatic rings. The molecule has 33 heavy (non-hydrogen) atoms. The highest BCUT2D eigenvalue weighted by Gasteiger charge is 2.64. The van der Waals surface area contributed by atoms with Crippen molar-refractivity contribution in [1.29, 1.82) is 0 Å². The molecule has 0 spiro atoms. The average molecular weight is 467 g/mol. The van der Waals surface area contributed by atoms with Gasteiger partial charge in [0.25, 0.3) is 0 Å². The molecule has 3 aliphatic rings. The van der Waals surface area contributed by atoms with Gasteiger partial charge in [-0.3, -0.25) is 19.3 Å². The van der Waals surface area contributed by atoms with E-state index in [9.17, 15) is 19.2 Å². The number of amides is 2. The summed E-state index contributed by atoms with van der Waals surface area (Å²) in [6, 6.07) is 12.1. The van der Waals surface area contributed by atoms with Crippen molar-refractivity contribution in [2.24, 2.45) is 11.8 Å². The Hall–Kier alpha value is -3.03. The lowest BCUT2D eigenvalue weighted by molar-refractivity contribution is -0.123. The van der Waals surface area contributed by atoms with E-state index in [0.717, 1.165) is 12.8 Å². The van der Waals surface area contributed by atoms with Crippen LogP contribution in [-0.2, 0) is 14.3 Å². The van der Waals surface area contributed by atoms with Crippen molar-refractivity contribution >= 4 is 40.9 Å². The third-order valence-electron chi connectivity index (χ3n) is 6.89. The van der Waals surface area contributed by atoms with Gasteiger partial charge in [-0.25, -0.2) is 9.69 Å². The van der Waals surface area contributed by atoms with Crippen LogP contribution in [0, 0.1) is 11.8 Å². The zero-order valence-corrected chi connectivity index (χ0v) is 18.8. The summed E-state index contributed by atoms with van der Waals surface area (Å²) >= 11 is 5.98. The molecule has 3 fully saturated rings. The highest BCUT2D eigenvalue weighted by Crippen LogP contribution is 2.48. The third-order valence-corrected chi connectivity index (χ3v) is 7.14. The minimum atomic E-state index is -0.726. The number of carbonyl (C=O) groups excluding carboxylic acids is 4. The number of nitrogens with zero attached hydrogens (tertiary/aromatic N) is 2. The lowest BCUT2D eigenvalue weighted by Gasteiger charge is -2.27. The van der Waals surface area contributed by atoms with Gasteiger partial charge in [-0.15, -0.1) is 0 Å². The summed E-state index contributed by atoms with van der Waals surface area (Å²) in [5, 5.41) is 0.527. The number of benzene rings is 2. The van der Waals surface area contributed by atoms with Gasteiger partial charge in [-0.05, 0) is 74.8 Å². The van der Waals surface area contributed by atoms with Gasteiger partial charge >= 0.3 is 5.97 Å². The summed E-state index contributed by atoms with van der Waals surface area (Å²) in [6.07, 6.45) is 1.66. The summed E-state index contributed by atoms with van der Waals surface area (Å²) < 4.78 is 5.00. The molecule has 0 unspecified atom stereocenters. The van der Waals surface area contributed by atoms with Crippen molar-refractivity contribution in [3.05, 3.63) is 64.7 Å². The zero-order valence-electron chi connectivity index (χ0n) is 18.1. The van der Waals surface area contributed by atoms with Crippen LogP contribution >= 0.6 is 11.6 Å². The Labute approximate surface area is 196 Å². The molecule has 170 valence electrons. The lowest BCUT2D eigenvalue weighted by atomic mass is 9.85. The first-order valence-electron chi connectivity index (χ1n) is 11.1. The number of halogens is 1. The van der Waals surface area contributed by atoms with E-state index >= 15 is 0 Å². The number of fused-ring (bicyclic) bond motifs is 3. The Morgan fingerprint density at radius 2 is 1.61 bits per heavy atom. The van der Waals surface area contributed by atoms with Gasteiger partial charge in [0.15, 0.2) is 5.78 Å². The molecule has 0 bridgehead atoms. The van der Waals surface area contributed by atoms with Crippen LogP contribution in [0.25, 0.3) is 0 Å². The van der Waals surface area contributed by atoms with Gasteiger partial charge in [-0.2, -0.15) is 0 Å². The van der Waals surface area contributed by atoms with Crippen LogP contribution in [-0.4, -0.2) is 53.7 Å². The van der Waals surface area contributed by atoms with E-state index in [1.165, 1.54) is 4.90 Å². The number of ether oxygens (including phenoxy) is 1. The monoisotopic (exact) mass is 466 g/mol. The maximum atomic E-state index is 13.6. The summed E-state index contributed by atoms with van der Waals surface area (Å²) in [6.45, 7) is 2.67. The smallest absolute Gasteiger partial charge is 0.338 e. The first-order valence-corrected chi connectivity index (χ1v) is 11.5. The minimum Gasteiger partial charge on any atom is -0.462 e. The predicted molar refractivity (Wildman–Crippen MR) is 121 cm³/mol. The number of Topliss-reactive ketones (excluding diaryl/α,β-unsaturated/α-hetero) is 1. The van der Waals surface area contributed by atoms with Crippen LogP contribution < -0.4 is 4.90 Å². The Bertz CT molecular complexity index is 1130. The number of hydrogen-bond donors (Lipinski definition) is 0. The molecular weight excluding hydrogens is 444 g/mol. The maximum absolute atomic E-state index is 13.6. The molecular formula is C25H23ClN2O5.